The number of aryl methyl sites for hydroxylation is 1. The number of hydrogen-bond donors (Lipinski definition) is 0. The summed E-state index contributed by atoms with van der Waals surface area (Å²) >= 11 is 0. The monoisotopic (exact) mass is 198 g/mol. The van der Waals surface area contributed by atoms with Gasteiger partial charge < -0.3 is 4.74 Å². The Labute approximate surface area is 82.2 Å². The quantitative estimate of drug-likeness (QED) is 0.652. The number of Topliss-reactive ketones (excluding diaryl/α,β-unsaturated/α-hetero) is 1. The molecule has 1 aromatic heterocycles. The van der Waals surface area contributed by atoms with E-state index in [2.05, 4.69) is 15.4 Å². The number of rotatable bonds is 5. The average molecular weight is 198 g/mol. The molecule has 1 heterocycles. The van der Waals surface area contributed by atoms with Gasteiger partial charge in [-0.1, -0.05) is 0 Å². The fraction of sp³-hybridized carbons (Fsp3) is 0.750. The molecule has 0 aromatic carbocycles. The Hall–Kier alpha value is -1.30. The summed E-state index contributed by atoms with van der Waals surface area (Å²) in [5.74, 6) is 0.406. The Morgan fingerprint density at radius 1 is 1.64 bits per heavy atom. The first kappa shape index (κ1) is 10.8. The normalized spacial score (nSPS) is 12.8. The molecular weight excluding hydrogens is 184 g/mol. The van der Waals surface area contributed by atoms with Crippen LogP contribution in [0.25, 0.3) is 0 Å². The zero-order valence-electron chi connectivity index (χ0n) is 8.60. The molecule has 0 radical (unpaired) electrons. The number of ketones is 1. The van der Waals surface area contributed by atoms with Crippen LogP contribution < -0.4 is 0 Å². The van der Waals surface area contributed by atoms with Crippen LogP contribution in [0.15, 0.2) is 0 Å². The van der Waals surface area contributed by atoms with E-state index in [1.54, 1.807) is 14.0 Å². The molecule has 0 saturated heterocycles. The zero-order chi connectivity index (χ0) is 10.6. The molecule has 1 atom stereocenters. The molecule has 0 aliphatic heterocycles. The summed E-state index contributed by atoms with van der Waals surface area (Å²) in [6, 6.07) is 0. The lowest BCUT2D eigenvalue weighted by atomic mass is 10.2. The molecule has 6 heteroatoms. The molecule has 14 heavy (non-hydrogen) atoms. The summed E-state index contributed by atoms with van der Waals surface area (Å²) in [4.78, 5) is 12.8. The SMILES string of the molecule is CCOC(C)C(=O)Cc1nnn(C)n1. The molecule has 0 saturated carbocycles. The van der Waals surface area contributed by atoms with Gasteiger partial charge in [0, 0.05) is 6.61 Å². The Kier molecular flexibility index (Phi) is 3.70. The lowest BCUT2D eigenvalue weighted by Crippen LogP contribution is -2.23. The molecule has 1 rings (SSSR count). The highest BCUT2D eigenvalue weighted by molar-refractivity contribution is 5.84. The molecule has 0 bridgehead atoms. The molecule has 78 valence electrons. The van der Waals surface area contributed by atoms with Crippen molar-refractivity contribution in [3.63, 3.8) is 0 Å². The van der Waals surface area contributed by atoms with Crippen LogP contribution in [-0.4, -0.2) is 38.7 Å². The topological polar surface area (TPSA) is 69.9 Å². The van der Waals surface area contributed by atoms with Gasteiger partial charge in [0.25, 0.3) is 0 Å². The number of tetrazole rings is 1. The molecule has 0 amide bonds. The zero-order valence-corrected chi connectivity index (χ0v) is 8.60. The third-order valence-electron chi connectivity index (χ3n) is 1.75. The molecule has 0 fully saturated rings. The fourth-order valence-corrected chi connectivity index (χ4v) is 1.04. The minimum absolute atomic E-state index is 0.0279. The van der Waals surface area contributed by atoms with Gasteiger partial charge in [-0.15, -0.1) is 10.2 Å². The third-order valence-corrected chi connectivity index (χ3v) is 1.75. The van der Waals surface area contributed by atoms with Crippen LogP contribution >= 0.6 is 0 Å². The first-order valence-electron chi connectivity index (χ1n) is 4.50. The van der Waals surface area contributed by atoms with Crippen LogP contribution in [0.4, 0.5) is 0 Å². The number of carbonyl (C=O) groups is 1. The van der Waals surface area contributed by atoms with Crippen molar-refractivity contribution in [1.29, 1.82) is 0 Å². The van der Waals surface area contributed by atoms with Gasteiger partial charge in [-0.3, -0.25) is 4.79 Å². The second-order valence-corrected chi connectivity index (χ2v) is 2.94. The number of nitrogens with zero attached hydrogens (tertiary/aromatic N) is 4. The summed E-state index contributed by atoms with van der Waals surface area (Å²) in [7, 11) is 1.66. The molecule has 1 unspecified atom stereocenters. The van der Waals surface area contributed by atoms with Crippen molar-refractivity contribution in [3.05, 3.63) is 5.82 Å². The van der Waals surface area contributed by atoms with Crippen LogP contribution in [0.5, 0.6) is 0 Å². The average Bonchev–Trinajstić information content (AvgIpc) is 2.51. The van der Waals surface area contributed by atoms with Gasteiger partial charge in [0.15, 0.2) is 11.6 Å². The molecule has 0 aliphatic rings. The highest BCUT2D eigenvalue weighted by atomic mass is 16.5. The standard InChI is InChI=1S/C8H14N4O2/c1-4-14-6(2)7(13)5-8-9-11-12(3)10-8/h6H,4-5H2,1-3H3. The van der Waals surface area contributed by atoms with E-state index in [1.807, 2.05) is 6.92 Å². The highest BCUT2D eigenvalue weighted by Crippen LogP contribution is 1.98. The Morgan fingerprint density at radius 2 is 2.36 bits per heavy atom. The second-order valence-electron chi connectivity index (χ2n) is 2.94. The minimum atomic E-state index is -0.399. The number of carbonyl (C=O) groups excluding carboxylic acids is 1. The van der Waals surface area contributed by atoms with Gasteiger partial charge in [0.1, 0.15) is 6.10 Å². The maximum absolute atomic E-state index is 11.5. The smallest absolute Gasteiger partial charge is 0.182 e. The van der Waals surface area contributed by atoms with Crippen molar-refractivity contribution in [2.45, 2.75) is 26.4 Å². The summed E-state index contributed by atoms with van der Waals surface area (Å²) in [6.07, 6.45) is -0.224. The van der Waals surface area contributed by atoms with E-state index in [0.717, 1.165) is 0 Å². The predicted octanol–water partition coefficient (Wildman–Crippen LogP) is -0.253. The number of hydrogen-bond acceptors (Lipinski definition) is 5. The van der Waals surface area contributed by atoms with Gasteiger partial charge in [0.2, 0.25) is 0 Å². The summed E-state index contributed by atoms with van der Waals surface area (Å²) < 4.78 is 5.15. The van der Waals surface area contributed by atoms with Gasteiger partial charge in [0.05, 0.1) is 13.5 Å². The van der Waals surface area contributed by atoms with Crippen molar-refractivity contribution in [2.75, 3.05) is 6.61 Å². The van der Waals surface area contributed by atoms with Crippen LogP contribution in [0, 0.1) is 0 Å². The fourth-order valence-electron chi connectivity index (χ4n) is 1.04. The van der Waals surface area contributed by atoms with Gasteiger partial charge >= 0.3 is 0 Å². The Morgan fingerprint density at radius 3 is 2.86 bits per heavy atom. The van der Waals surface area contributed by atoms with E-state index in [0.29, 0.717) is 12.4 Å². The summed E-state index contributed by atoms with van der Waals surface area (Å²) in [5, 5.41) is 11.3. The van der Waals surface area contributed by atoms with E-state index in [4.69, 9.17) is 4.74 Å². The van der Waals surface area contributed by atoms with Crippen molar-refractivity contribution in [1.82, 2.24) is 20.2 Å². The van der Waals surface area contributed by atoms with Crippen LogP contribution in [0.1, 0.15) is 19.7 Å². The molecule has 0 aliphatic carbocycles. The summed E-state index contributed by atoms with van der Waals surface area (Å²) in [6.45, 7) is 4.10. The van der Waals surface area contributed by atoms with E-state index in [-0.39, 0.29) is 12.2 Å². The summed E-state index contributed by atoms with van der Waals surface area (Å²) in [5.41, 5.74) is 0. The van der Waals surface area contributed by atoms with E-state index in [9.17, 15) is 4.79 Å². The van der Waals surface area contributed by atoms with Crippen molar-refractivity contribution < 1.29 is 9.53 Å². The van der Waals surface area contributed by atoms with Gasteiger partial charge in [-0.2, -0.15) is 4.80 Å². The van der Waals surface area contributed by atoms with E-state index in [1.165, 1.54) is 4.80 Å². The van der Waals surface area contributed by atoms with Crippen LogP contribution in [-0.2, 0) is 23.0 Å². The third kappa shape index (κ3) is 2.88. The molecule has 6 nitrogen and oxygen atoms in total. The van der Waals surface area contributed by atoms with E-state index < -0.39 is 6.10 Å². The predicted molar refractivity (Wildman–Crippen MR) is 48.6 cm³/mol. The maximum atomic E-state index is 11.5. The lowest BCUT2D eigenvalue weighted by molar-refractivity contribution is -0.128. The molecule has 0 N–H and O–H groups in total. The van der Waals surface area contributed by atoms with Gasteiger partial charge in [-0.25, -0.2) is 0 Å². The van der Waals surface area contributed by atoms with E-state index >= 15 is 0 Å². The highest BCUT2D eigenvalue weighted by Gasteiger charge is 2.15. The molecular formula is C8H14N4O2. The Balaban J connectivity index is 2.48. The Bertz CT molecular complexity index is 310. The number of aromatic nitrogens is 4. The number of ether oxygens (including phenoxy) is 1. The van der Waals surface area contributed by atoms with Gasteiger partial charge in [-0.05, 0) is 19.1 Å². The first-order chi connectivity index (χ1) is 6.63. The van der Waals surface area contributed by atoms with Crippen LogP contribution in [0.2, 0.25) is 0 Å². The van der Waals surface area contributed by atoms with Crippen molar-refractivity contribution in [3.8, 4) is 0 Å². The first-order valence-corrected chi connectivity index (χ1v) is 4.50. The largest absolute Gasteiger partial charge is 0.371 e. The minimum Gasteiger partial charge on any atom is -0.371 e. The molecule has 0 spiro atoms. The van der Waals surface area contributed by atoms with Crippen molar-refractivity contribution in [2.24, 2.45) is 7.05 Å². The van der Waals surface area contributed by atoms with Crippen LogP contribution in [0.3, 0.4) is 0 Å². The van der Waals surface area contributed by atoms with Crippen molar-refractivity contribution >= 4 is 5.78 Å². The molecule has 1 aromatic rings. The maximum Gasteiger partial charge on any atom is 0.182 e. The lowest BCUT2D eigenvalue weighted by Gasteiger charge is -2.07. The second kappa shape index (κ2) is 4.80.